The molecule has 74 heavy (non-hydrogen) atoms. The number of hydrazine groups is 1. The van der Waals surface area contributed by atoms with Crippen molar-refractivity contribution in [2.75, 3.05) is 41.0 Å². The highest BCUT2D eigenvalue weighted by atomic mass is 32.2. The predicted octanol–water partition coefficient (Wildman–Crippen LogP) is 7.27. The molecule has 27 heteroatoms. The van der Waals surface area contributed by atoms with E-state index in [9.17, 15) is 72.0 Å². The second-order valence-electron chi connectivity index (χ2n) is 16.4. The maximum Gasteiger partial charge on any atom is 0.296 e. The number of aliphatic hydroxyl groups is 1. The molecule has 0 aliphatic heterocycles. The zero-order valence-electron chi connectivity index (χ0n) is 38.3. The van der Waals surface area contributed by atoms with Crippen molar-refractivity contribution >= 4 is 113 Å². The summed E-state index contributed by atoms with van der Waals surface area (Å²) >= 11 is 0. The van der Waals surface area contributed by atoms with E-state index in [4.69, 9.17) is 9.47 Å². The van der Waals surface area contributed by atoms with Crippen LogP contribution in [-0.2, 0) is 46.2 Å². The van der Waals surface area contributed by atoms with Gasteiger partial charge in [0.05, 0.1) is 41.1 Å². The van der Waals surface area contributed by atoms with Crippen LogP contribution in [0.5, 0.6) is 23.0 Å². The van der Waals surface area contributed by atoms with E-state index < -0.39 is 111 Å². The fourth-order valence-corrected chi connectivity index (χ4v) is 10.7. The van der Waals surface area contributed by atoms with E-state index in [-0.39, 0.29) is 60.9 Å². The van der Waals surface area contributed by atoms with Gasteiger partial charge in [-0.25, -0.2) is 0 Å². The molecule has 0 bridgehead atoms. The topological polar surface area (TPSA) is 374 Å². The minimum absolute atomic E-state index is 0.0241. The molecular formula is C47H41N5O18S4. The number of phenolic OH excluding ortho intramolecular Hbond substituents is 2. The number of benzene rings is 8. The summed E-state index contributed by atoms with van der Waals surface area (Å²) in [6, 6.07) is 25.7. The third-order valence-electron chi connectivity index (χ3n) is 11.6. The van der Waals surface area contributed by atoms with Crippen molar-refractivity contribution in [3.63, 3.8) is 0 Å². The summed E-state index contributed by atoms with van der Waals surface area (Å²) in [4.78, 5) is 10.9. The van der Waals surface area contributed by atoms with Gasteiger partial charge in [0, 0.05) is 27.6 Å². The van der Waals surface area contributed by atoms with Crippen molar-refractivity contribution in [1.29, 1.82) is 0 Å². The Morgan fingerprint density at radius 1 is 0.527 bits per heavy atom. The van der Waals surface area contributed by atoms with Gasteiger partial charge in [-0.2, -0.15) is 33.7 Å². The summed E-state index contributed by atoms with van der Waals surface area (Å²) in [5, 5.41) is 42.7. The maximum atomic E-state index is 14.5. The van der Waals surface area contributed by atoms with Crippen molar-refractivity contribution in [1.82, 2.24) is 0 Å². The molecule has 1 amide bonds. The smallest absolute Gasteiger partial charge is 0.296 e. The summed E-state index contributed by atoms with van der Waals surface area (Å²) in [6.45, 7) is 1.20. The number of aromatic hydroxyl groups is 2. The van der Waals surface area contributed by atoms with Gasteiger partial charge in [-0.3, -0.25) is 33.9 Å². The summed E-state index contributed by atoms with van der Waals surface area (Å²) in [5.41, 5.74) is 0.800. The quantitative estimate of drug-likeness (QED) is 0.0196. The molecule has 12 N–H and O–H groups in total. The van der Waals surface area contributed by atoms with Crippen LogP contribution in [0.25, 0.3) is 32.3 Å². The molecule has 0 aromatic heterocycles. The minimum atomic E-state index is -5.21. The molecule has 0 saturated heterocycles. The third-order valence-corrected chi connectivity index (χ3v) is 15.0. The highest BCUT2D eigenvalue weighted by molar-refractivity contribution is 7.86. The normalized spacial score (nSPS) is 13.0. The van der Waals surface area contributed by atoms with Crippen LogP contribution in [0, 0.1) is 0 Å². The molecule has 0 saturated carbocycles. The first kappa shape index (κ1) is 52.3. The van der Waals surface area contributed by atoms with Crippen molar-refractivity contribution in [2.45, 2.75) is 32.2 Å². The largest absolute Gasteiger partial charge is 0.505 e. The summed E-state index contributed by atoms with van der Waals surface area (Å²) in [7, 11) is -17.9. The lowest BCUT2D eigenvalue weighted by atomic mass is 9.93. The van der Waals surface area contributed by atoms with Crippen molar-refractivity contribution < 1.29 is 81.5 Å². The second-order valence-corrected chi connectivity index (χ2v) is 22.0. The lowest BCUT2D eigenvalue weighted by Crippen LogP contribution is -2.32. The van der Waals surface area contributed by atoms with E-state index in [1.807, 2.05) is 0 Å². The van der Waals surface area contributed by atoms with Gasteiger partial charge in [-0.15, -0.1) is 0 Å². The van der Waals surface area contributed by atoms with Crippen LogP contribution in [0.3, 0.4) is 0 Å². The van der Waals surface area contributed by atoms with Crippen LogP contribution >= 0.6 is 0 Å². The number of phenols is 2. The van der Waals surface area contributed by atoms with Crippen LogP contribution < -0.4 is 36.3 Å². The number of ether oxygens (including phenoxy) is 2. The number of anilines is 6. The van der Waals surface area contributed by atoms with Crippen LogP contribution in [0.1, 0.15) is 22.8 Å². The molecule has 0 radical (unpaired) electrons. The molecule has 23 nitrogen and oxygen atoms in total. The minimum Gasteiger partial charge on any atom is -0.505 e. The Hall–Kier alpha value is -7.99. The van der Waals surface area contributed by atoms with Gasteiger partial charge in [0.1, 0.15) is 38.4 Å². The number of methoxy groups -OCH3 is 2. The number of hydrogen-bond donors (Lipinski definition) is 12. The highest BCUT2D eigenvalue weighted by Crippen LogP contribution is 2.47. The molecule has 8 aromatic carbocycles. The number of fused-ring (bicyclic) bond motifs is 3. The summed E-state index contributed by atoms with van der Waals surface area (Å²) in [5.74, 6) is -2.40. The molecule has 0 spiro atoms. The molecule has 0 aliphatic carbocycles. The number of carbonyl (C=O) groups is 1. The lowest BCUT2D eigenvalue weighted by molar-refractivity contribution is 0.0904. The molecule has 0 aliphatic rings. The zero-order valence-corrected chi connectivity index (χ0v) is 41.6. The van der Waals surface area contributed by atoms with E-state index in [2.05, 4.69) is 26.8 Å². The first-order chi connectivity index (χ1) is 34.6. The first-order valence-corrected chi connectivity index (χ1v) is 26.8. The van der Waals surface area contributed by atoms with E-state index in [0.717, 1.165) is 36.4 Å². The number of para-hydroxylation sites is 4. The van der Waals surface area contributed by atoms with E-state index in [0.29, 0.717) is 0 Å². The Balaban J connectivity index is 1.24. The molecule has 1 atom stereocenters. The maximum absolute atomic E-state index is 14.5. The number of hydrogen-bond acceptors (Lipinski definition) is 18. The Bertz CT molecular complexity index is 4120. The lowest BCUT2D eigenvalue weighted by Gasteiger charge is -2.29. The average molecular weight is 1090 g/mol. The number of amides is 1. The van der Waals surface area contributed by atoms with Gasteiger partial charge in [0.2, 0.25) is 0 Å². The molecule has 386 valence electrons. The van der Waals surface area contributed by atoms with Crippen molar-refractivity contribution in [3.05, 3.63) is 132 Å². The van der Waals surface area contributed by atoms with Crippen molar-refractivity contribution in [3.8, 4) is 23.0 Å². The molecule has 0 fully saturated rings. The van der Waals surface area contributed by atoms with Gasteiger partial charge in [-0.1, -0.05) is 54.6 Å². The first-order valence-electron chi connectivity index (χ1n) is 21.1. The van der Waals surface area contributed by atoms with Gasteiger partial charge in [0.25, 0.3) is 46.4 Å². The third kappa shape index (κ3) is 10.2. The fraction of sp³-hybridized carbons (Fsp3) is 0.0851. The van der Waals surface area contributed by atoms with Gasteiger partial charge < -0.3 is 40.7 Å². The number of carbonyl (C=O) groups excluding carboxylic acids is 1. The van der Waals surface area contributed by atoms with E-state index in [1.165, 1.54) is 75.7 Å². The van der Waals surface area contributed by atoms with Gasteiger partial charge >= 0.3 is 0 Å². The number of nitrogens with one attached hydrogen (secondary N) is 5. The summed E-state index contributed by atoms with van der Waals surface area (Å²) in [6.07, 6.45) is 0. The van der Waals surface area contributed by atoms with Gasteiger partial charge in [0.15, 0.2) is 11.5 Å². The van der Waals surface area contributed by atoms with Crippen LogP contribution in [0.2, 0.25) is 0 Å². The monoisotopic (exact) mass is 1090 g/mol. The molecule has 0 heterocycles. The van der Waals surface area contributed by atoms with Crippen molar-refractivity contribution in [2.24, 2.45) is 0 Å². The summed E-state index contributed by atoms with van der Waals surface area (Å²) < 4.78 is 153. The average Bonchev–Trinajstić information content (AvgIpc) is 3.32. The SMILES string of the molecule is COc1ccccc1NNc1c(S(=O)(=O)O)cc2cc(S(=O)(=O)O)cc(NC(=O)c3cccc4c(C(C)(O)Nc5cc(S(=O)(=O)O)cc6cc(S(=O)(=O)O)c(Nc7ccccc7OC)c(O)c56)cccc34)c2c1O. The molecular weight excluding hydrogens is 1050 g/mol. The molecule has 1 unspecified atom stereocenters. The highest BCUT2D eigenvalue weighted by Gasteiger charge is 2.32. The predicted molar refractivity (Wildman–Crippen MR) is 272 cm³/mol. The molecule has 8 rings (SSSR count). The Morgan fingerprint density at radius 2 is 1.01 bits per heavy atom. The number of rotatable bonds is 16. The Kier molecular flexibility index (Phi) is 13.5. The Labute approximate surface area is 421 Å². The van der Waals surface area contributed by atoms with E-state index >= 15 is 0 Å². The van der Waals surface area contributed by atoms with Gasteiger partial charge in [-0.05, 0) is 95.2 Å². The van der Waals surface area contributed by atoms with Crippen LogP contribution in [0.4, 0.5) is 34.1 Å². The fourth-order valence-electron chi connectivity index (χ4n) is 8.30. The van der Waals surface area contributed by atoms with Crippen LogP contribution in [0.15, 0.2) is 141 Å². The van der Waals surface area contributed by atoms with Crippen LogP contribution in [-0.4, -0.2) is 87.3 Å². The Morgan fingerprint density at radius 3 is 1.58 bits per heavy atom. The second kappa shape index (κ2) is 19.1. The standard InChI is InChI=1S/C47H41N5O18S4/c1-47(56,50-35-23-27(72(60,61)62)19-25-20-38(73(63,64)65)42(44(53)41(25)35)48-32-14-4-6-16-36(32)69-2)31-13-9-10-28-29(31)11-8-12-30(28)46(55)49-34-22-26(71(57,58)59)18-24-21-39(74(66,67)68)43(45(54)40(24)34)52-51-33-15-5-7-17-37(33)70-3/h4-23,48,50-54,56H,1-3H3,(H,49,55)(H,57,58,59)(H,60,61,62)(H,63,64,65)(H,66,67,68). The molecule has 8 aromatic rings. The van der Waals surface area contributed by atoms with E-state index in [1.54, 1.807) is 30.3 Å². The zero-order chi connectivity index (χ0) is 53.9.